The lowest BCUT2D eigenvalue weighted by molar-refractivity contribution is -0.133. The van der Waals surface area contributed by atoms with E-state index in [1.54, 1.807) is 24.0 Å². The first-order valence-corrected chi connectivity index (χ1v) is 10.6. The Bertz CT molecular complexity index is 1120. The lowest BCUT2D eigenvalue weighted by Crippen LogP contribution is -2.63. The van der Waals surface area contributed by atoms with E-state index in [4.69, 9.17) is 0 Å². The zero-order valence-corrected chi connectivity index (χ0v) is 18.1. The van der Waals surface area contributed by atoms with Gasteiger partial charge in [-0.15, -0.1) is 0 Å². The highest BCUT2D eigenvalue weighted by Gasteiger charge is 2.48. The largest absolute Gasteiger partial charge is 0.354 e. The van der Waals surface area contributed by atoms with Crippen LogP contribution in [0.1, 0.15) is 43.4 Å². The summed E-state index contributed by atoms with van der Waals surface area (Å²) in [5.74, 6) is -0.0820. The quantitative estimate of drug-likeness (QED) is 0.658. The van der Waals surface area contributed by atoms with E-state index < -0.39 is 5.54 Å². The van der Waals surface area contributed by atoms with Crippen molar-refractivity contribution in [2.75, 3.05) is 6.54 Å². The number of halogens is 1. The Hall–Kier alpha value is -3.22. The van der Waals surface area contributed by atoms with Gasteiger partial charge in [0.15, 0.2) is 5.82 Å². The summed E-state index contributed by atoms with van der Waals surface area (Å²) in [6, 6.07) is 13.5. The number of carbonyl (C=O) groups is 2. The maximum Gasteiger partial charge on any atom is 0.291 e. The molecule has 2 aromatic carbocycles. The van der Waals surface area contributed by atoms with Crippen LogP contribution in [-0.4, -0.2) is 38.3 Å². The summed E-state index contributed by atoms with van der Waals surface area (Å²) in [5, 5.41) is 3.01. The molecule has 7 heteroatoms. The van der Waals surface area contributed by atoms with Crippen molar-refractivity contribution in [1.29, 1.82) is 0 Å². The van der Waals surface area contributed by atoms with Gasteiger partial charge in [0.05, 0.1) is 17.6 Å². The van der Waals surface area contributed by atoms with E-state index in [0.29, 0.717) is 24.8 Å². The third-order valence-electron chi connectivity index (χ3n) is 5.90. The minimum Gasteiger partial charge on any atom is -0.354 e. The number of benzene rings is 2. The molecule has 6 nitrogen and oxygen atoms in total. The predicted octanol–water partition coefficient (Wildman–Crippen LogP) is 3.75. The molecular weight excluding hydrogens is 395 g/mol. The van der Waals surface area contributed by atoms with Gasteiger partial charge in [0.2, 0.25) is 5.91 Å². The van der Waals surface area contributed by atoms with Crippen LogP contribution in [0.3, 0.4) is 0 Å². The number of aromatic nitrogens is 2. The number of hydrogen-bond donors (Lipinski definition) is 1. The van der Waals surface area contributed by atoms with E-state index >= 15 is 0 Å². The molecule has 31 heavy (non-hydrogen) atoms. The second-order valence-corrected chi connectivity index (χ2v) is 8.74. The van der Waals surface area contributed by atoms with Gasteiger partial charge in [0.1, 0.15) is 11.4 Å². The molecule has 2 heterocycles. The Labute approximate surface area is 181 Å². The number of carbonyl (C=O) groups excluding carboxylic acids is 2. The maximum absolute atomic E-state index is 13.5. The topological polar surface area (TPSA) is 67.2 Å². The van der Waals surface area contributed by atoms with Crippen LogP contribution in [0.2, 0.25) is 0 Å². The molecule has 1 N–H and O–H groups in total. The number of imidazole rings is 1. The fraction of sp³-hybridized carbons (Fsp3) is 0.375. The Morgan fingerprint density at radius 1 is 1.19 bits per heavy atom. The number of hydrogen-bond acceptors (Lipinski definition) is 3. The van der Waals surface area contributed by atoms with Crippen LogP contribution in [0.25, 0.3) is 11.0 Å². The molecule has 0 bridgehead atoms. The summed E-state index contributed by atoms with van der Waals surface area (Å²) in [6.45, 7) is 7.02. The van der Waals surface area contributed by atoms with Crippen molar-refractivity contribution in [2.45, 2.75) is 45.8 Å². The van der Waals surface area contributed by atoms with Crippen LogP contribution in [0.15, 0.2) is 48.5 Å². The number of amides is 2. The molecule has 1 aromatic heterocycles. The van der Waals surface area contributed by atoms with Crippen molar-refractivity contribution in [1.82, 2.24) is 19.8 Å². The van der Waals surface area contributed by atoms with Crippen LogP contribution >= 0.6 is 0 Å². The van der Waals surface area contributed by atoms with Gasteiger partial charge in [-0.3, -0.25) is 9.59 Å². The number of nitrogens with zero attached hydrogens (tertiary/aromatic N) is 3. The van der Waals surface area contributed by atoms with Gasteiger partial charge in [-0.2, -0.15) is 0 Å². The molecule has 3 aromatic rings. The lowest BCUT2D eigenvalue weighted by atomic mass is 9.94. The van der Waals surface area contributed by atoms with Crippen molar-refractivity contribution < 1.29 is 14.0 Å². The number of nitrogens with one attached hydrogen (secondary N) is 1. The molecule has 1 aliphatic heterocycles. The molecule has 0 fully saturated rings. The smallest absolute Gasteiger partial charge is 0.291 e. The molecule has 1 atom stereocenters. The molecular formula is C24H27FN4O2. The third kappa shape index (κ3) is 3.92. The number of fused-ring (bicyclic) bond motifs is 3. The zero-order chi connectivity index (χ0) is 22.2. The van der Waals surface area contributed by atoms with Gasteiger partial charge in [-0.25, -0.2) is 9.37 Å². The monoisotopic (exact) mass is 422 g/mol. The first-order valence-electron chi connectivity index (χ1n) is 10.6. The predicted molar refractivity (Wildman–Crippen MR) is 117 cm³/mol. The van der Waals surface area contributed by atoms with Crippen LogP contribution < -0.4 is 5.32 Å². The molecule has 0 radical (unpaired) electrons. The SMILES string of the molecule is CC(C)CCNC(=O)[C@@]1(C)Cn2c(nc3ccccc32)C(=O)N1Cc1ccc(F)cc1. The summed E-state index contributed by atoms with van der Waals surface area (Å²) in [7, 11) is 0. The molecule has 0 aliphatic carbocycles. The molecule has 0 spiro atoms. The summed E-state index contributed by atoms with van der Waals surface area (Å²) in [4.78, 5) is 33.0. The minimum atomic E-state index is -1.11. The molecule has 2 amide bonds. The Kier molecular flexibility index (Phi) is 5.52. The standard InChI is InChI=1S/C24H27FN4O2/c1-16(2)12-13-26-23(31)24(3)15-28-20-7-5-4-6-19(20)27-21(28)22(30)29(24)14-17-8-10-18(25)11-9-17/h4-11,16H,12-15H2,1-3H3,(H,26,31)/t24-/m1/s1. The Balaban J connectivity index is 1.73. The van der Waals surface area contributed by atoms with Gasteiger partial charge in [-0.05, 0) is 49.1 Å². The van der Waals surface area contributed by atoms with Crippen molar-refractivity contribution in [2.24, 2.45) is 5.92 Å². The Morgan fingerprint density at radius 3 is 2.61 bits per heavy atom. The second kappa shape index (κ2) is 8.13. The molecule has 4 rings (SSSR count). The van der Waals surface area contributed by atoms with Gasteiger partial charge < -0.3 is 14.8 Å². The minimum absolute atomic E-state index is 0.191. The van der Waals surface area contributed by atoms with E-state index in [1.165, 1.54) is 12.1 Å². The van der Waals surface area contributed by atoms with E-state index in [0.717, 1.165) is 23.0 Å². The van der Waals surface area contributed by atoms with Crippen molar-refractivity contribution in [3.8, 4) is 0 Å². The molecule has 162 valence electrons. The van der Waals surface area contributed by atoms with Gasteiger partial charge in [0, 0.05) is 13.1 Å². The molecule has 0 saturated carbocycles. The average Bonchev–Trinajstić information content (AvgIpc) is 3.10. The van der Waals surface area contributed by atoms with Gasteiger partial charge >= 0.3 is 0 Å². The highest BCUT2D eigenvalue weighted by atomic mass is 19.1. The number of para-hydroxylation sites is 2. The van der Waals surface area contributed by atoms with E-state index in [9.17, 15) is 14.0 Å². The van der Waals surface area contributed by atoms with Crippen LogP contribution in [0.5, 0.6) is 0 Å². The molecule has 1 aliphatic rings. The zero-order valence-electron chi connectivity index (χ0n) is 18.1. The lowest BCUT2D eigenvalue weighted by Gasteiger charge is -2.43. The Morgan fingerprint density at radius 2 is 1.90 bits per heavy atom. The summed E-state index contributed by atoms with van der Waals surface area (Å²) in [6.07, 6.45) is 0.854. The highest BCUT2D eigenvalue weighted by Crippen LogP contribution is 2.32. The number of rotatable bonds is 6. The fourth-order valence-electron chi connectivity index (χ4n) is 4.01. The van der Waals surface area contributed by atoms with Crippen molar-refractivity contribution >= 4 is 22.8 Å². The summed E-state index contributed by atoms with van der Waals surface area (Å²) < 4.78 is 15.2. The van der Waals surface area contributed by atoms with Crippen molar-refractivity contribution in [3.63, 3.8) is 0 Å². The van der Waals surface area contributed by atoms with Crippen LogP contribution in [0.4, 0.5) is 4.39 Å². The molecule has 0 saturated heterocycles. The van der Waals surface area contributed by atoms with Crippen LogP contribution in [-0.2, 0) is 17.9 Å². The average molecular weight is 423 g/mol. The first kappa shape index (κ1) is 21.0. The van der Waals surface area contributed by atoms with Gasteiger partial charge in [0.25, 0.3) is 5.91 Å². The van der Waals surface area contributed by atoms with E-state index in [-0.39, 0.29) is 24.2 Å². The van der Waals surface area contributed by atoms with Crippen LogP contribution in [0, 0.1) is 11.7 Å². The third-order valence-corrected chi connectivity index (χ3v) is 5.90. The first-order chi connectivity index (χ1) is 14.8. The van der Waals surface area contributed by atoms with Crippen molar-refractivity contribution in [3.05, 3.63) is 65.7 Å². The van der Waals surface area contributed by atoms with Gasteiger partial charge in [-0.1, -0.05) is 38.1 Å². The molecule has 0 unspecified atom stereocenters. The maximum atomic E-state index is 13.5. The summed E-state index contributed by atoms with van der Waals surface area (Å²) >= 11 is 0. The normalized spacial score (nSPS) is 18.5. The summed E-state index contributed by atoms with van der Waals surface area (Å²) in [5.41, 5.74) is 1.19. The van der Waals surface area contributed by atoms with E-state index in [1.807, 2.05) is 28.8 Å². The second-order valence-electron chi connectivity index (χ2n) is 8.74. The fourth-order valence-corrected chi connectivity index (χ4v) is 4.01. The van der Waals surface area contributed by atoms with E-state index in [2.05, 4.69) is 24.1 Å². The highest BCUT2D eigenvalue weighted by molar-refractivity contribution is 6.01.